The summed E-state index contributed by atoms with van der Waals surface area (Å²) in [4.78, 5) is 4.03. The van der Waals surface area contributed by atoms with Gasteiger partial charge in [-0.1, -0.05) is 0 Å². The second kappa shape index (κ2) is 3.05. The minimum Gasteiger partial charge on any atom is -0.449 e. The first kappa shape index (κ1) is 6.85. The molecule has 0 spiro atoms. The van der Waals surface area contributed by atoms with Crippen molar-refractivity contribution in [3.8, 4) is 0 Å². The van der Waals surface area contributed by atoms with E-state index in [4.69, 9.17) is 4.42 Å². The summed E-state index contributed by atoms with van der Waals surface area (Å²) in [5.41, 5.74) is 0. The van der Waals surface area contributed by atoms with Gasteiger partial charge in [-0.15, -0.1) is 0 Å². The van der Waals surface area contributed by atoms with Crippen LogP contribution in [-0.2, 0) is 6.42 Å². The fourth-order valence-electron chi connectivity index (χ4n) is 1.05. The molecular weight excluding hydrogens is 140 g/mol. The minimum absolute atomic E-state index is 0.782. The summed E-state index contributed by atoms with van der Waals surface area (Å²) in [6.07, 6.45) is 6.89. The average molecular weight is 152 g/mol. The molecule has 1 aromatic heterocycles. The molecule has 2 rings (SSSR count). The molecule has 0 unspecified atom stereocenters. The van der Waals surface area contributed by atoms with Gasteiger partial charge >= 0.3 is 0 Å². The molecule has 1 N–H and O–H groups in total. The standard InChI is InChI=1S/C8H12N2O/c1-2-7(1)9-4-3-8-10-5-6-11-8/h5-7,9H,1-4H2. The number of rotatable bonds is 4. The van der Waals surface area contributed by atoms with Gasteiger partial charge in [0.1, 0.15) is 6.26 Å². The van der Waals surface area contributed by atoms with Crippen LogP contribution >= 0.6 is 0 Å². The summed E-state index contributed by atoms with van der Waals surface area (Å²) >= 11 is 0. The van der Waals surface area contributed by atoms with Crippen LogP contribution in [0, 0.1) is 0 Å². The third-order valence-corrected chi connectivity index (χ3v) is 1.83. The Morgan fingerprint density at radius 3 is 3.18 bits per heavy atom. The fourth-order valence-corrected chi connectivity index (χ4v) is 1.05. The lowest BCUT2D eigenvalue weighted by Gasteiger charge is -1.97. The topological polar surface area (TPSA) is 38.1 Å². The highest BCUT2D eigenvalue weighted by molar-refractivity contribution is 4.84. The van der Waals surface area contributed by atoms with E-state index < -0.39 is 0 Å². The van der Waals surface area contributed by atoms with Crippen LogP contribution in [0.1, 0.15) is 18.7 Å². The fraction of sp³-hybridized carbons (Fsp3) is 0.625. The van der Waals surface area contributed by atoms with Crippen molar-refractivity contribution >= 4 is 0 Å². The molecule has 3 nitrogen and oxygen atoms in total. The van der Waals surface area contributed by atoms with Gasteiger partial charge < -0.3 is 9.73 Å². The second-order valence-electron chi connectivity index (χ2n) is 2.90. The normalized spacial score (nSPS) is 17.1. The molecular formula is C8H12N2O. The molecule has 1 aromatic rings. The maximum atomic E-state index is 5.08. The molecule has 3 heteroatoms. The summed E-state index contributed by atoms with van der Waals surface area (Å²) in [6, 6.07) is 0.782. The molecule has 0 aromatic carbocycles. The first-order valence-corrected chi connectivity index (χ1v) is 4.07. The highest BCUT2D eigenvalue weighted by Crippen LogP contribution is 2.18. The maximum absolute atomic E-state index is 5.08. The van der Waals surface area contributed by atoms with Crippen LogP contribution in [-0.4, -0.2) is 17.6 Å². The number of hydrogen-bond acceptors (Lipinski definition) is 3. The van der Waals surface area contributed by atoms with E-state index in [-0.39, 0.29) is 0 Å². The van der Waals surface area contributed by atoms with E-state index in [1.54, 1.807) is 12.5 Å². The second-order valence-corrected chi connectivity index (χ2v) is 2.90. The number of nitrogens with zero attached hydrogens (tertiary/aromatic N) is 1. The van der Waals surface area contributed by atoms with E-state index >= 15 is 0 Å². The molecule has 0 bridgehead atoms. The molecule has 1 aliphatic rings. The van der Waals surface area contributed by atoms with E-state index in [9.17, 15) is 0 Å². The molecule has 1 fully saturated rings. The summed E-state index contributed by atoms with van der Waals surface area (Å²) < 4.78 is 5.08. The van der Waals surface area contributed by atoms with Crippen molar-refractivity contribution < 1.29 is 4.42 Å². The van der Waals surface area contributed by atoms with Crippen LogP contribution in [0.3, 0.4) is 0 Å². The smallest absolute Gasteiger partial charge is 0.195 e. The van der Waals surface area contributed by atoms with E-state index in [0.29, 0.717) is 0 Å². The predicted molar refractivity (Wildman–Crippen MR) is 41.2 cm³/mol. The Morgan fingerprint density at radius 1 is 1.64 bits per heavy atom. The number of aromatic nitrogens is 1. The lowest BCUT2D eigenvalue weighted by molar-refractivity contribution is 0.484. The highest BCUT2D eigenvalue weighted by atomic mass is 16.3. The van der Waals surface area contributed by atoms with Gasteiger partial charge in [-0.3, -0.25) is 0 Å². The molecule has 0 atom stereocenters. The van der Waals surface area contributed by atoms with Crippen molar-refractivity contribution in [3.63, 3.8) is 0 Å². The van der Waals surface area contributed by atoms with Crippen LogP contribution in [0.5, 0.6) is 0 Å². The maximum Gasteiger partial charge on any atom is 0.195 e. The average Bonchev–Trinajstić information content (AvgIpc) is 2.66. The van der Waals surface area contributed by atoms with Gasteiger partial charge in [-0.25, -0.2) is 4.98 Å². The van der Waals surface area contributed by atoms with E-state index in [1.807, 2.05) is 0 Å². The number of nitrogens with one attached hydrogen (secondary N) is 1. The van der Waals surface area contributed by atoms with Crippen LogP contribution in [0.4, 0.5) is 0 Å². The molecule has 11 heavy (non-hydrogen) atoms. The van der Waals surface area contributed by atoms with Crippen LogP contribution < -0.4 is 5.32 Å². The van der Waals surface area contributed by atoms with Crippen LogP contribution in [0.25, 0.3) is 0 Å². The highest BCUT2D eigenvalue weighted by Gasteiger charge is 2.19. The van der Waals surface area contributed by atoms with Gasteiger partial charge in [0.2, 0.25) is 0 Å². The predicted octanol–water partition coefficient (Wildman–Crippen LogP) is 0.969. The molecule has 1 heterocycles. The van der Waals surface area contributed by atoms with Gasteiger partial charge in [-0.05, 0) is 12.8 Å². The van der Waals surface area contributed by atoms with Gasteiger partial charge in [0.15, 0.2) is 5.89 Å². The van der Waals surface area contributed by atoms with Crippen molar-refractivity contribution in [2.24, 2.45) is 0 Å². The summed E-state index contributed by atoms with van der Waals surface area (Å²) in [6.45, 7) is 0.991. The van der Waals surface area contributed by atoms with E-state index in [2.05, 4.69) is 10.3 Å². The molecule has 0 amide bonds. The number of hydrogen-bond donors (Lipinski definition) is 1. The Balaban J connectivity index is 1.66. The first-order chi connectivity index (χ1) is 5.45. The molecule has 1 saturated carbocycles. The lowest BCUT2D eigenvalue weighted by atomic mass is 10.4. The zero-order valence-corrected chi connectivity index (χ0v) is 6.42. The third kappa shape index (κ3) is 2.05. The molecule has 0 aliphatic heterocycles. The zero-order chi connectivity index (χ0) is 7.52. The first-order valence-electron chi connectivity index (χ1n) is 4.07. The summed E-state index contributed by atoms with van der Waals surface area (Å²) in [5.74, 6) is 0.832. The molecule has 0 radical (unpaired) electrons. The van der Waals surface area contributed by atoms with Gasteiger partial charge in [0, 0.05) is 19.0 Å². The van der Waals surface area contributed by atoms with Gasteiger partial charge in [0.25, 0.3) is 0 Å². The van der Waals surface area contributed by atoms with Crippen LogP contribution in [0.15, 0.2) is 16.9 Å². The Labute approximate surface area is 65.8 Å². The number of oxazole rings is 1. The summed E-state index contributed by atoms with van der Waals surface area (Å²) in [7, 11) is 0. The Kier molecular flexibility index (Phi) is 1.90. The quantitative estimate of drug-likeness (QED) is 0.698. The van der Waals surface area contributed by atoms with Crippen molar-refractivity contribution in [3.05, 3.63) is 18.4 Å². The van der Waals surface area contributed by atoms with Crippen molar-refractivity contribution in [2.45, 2.75) is 25.3 Å². The molecule has 60 valence electrons. The SMILES string of the molecule is c1coc(CCNC2CC2)n1. The largest absolute Gasteiger partial charge is 0.449 e. The van der Waals surface area contributed by atoms with Crippen molar-refractivity contribution in [2.75, 3.05) is 6.54 Å². The zero-order valence-electron chi connectivity index (χ0n) is 6.42. The molecule has 1 aliphatic carbocycles. The van der Waals surface area contributed by atoms with Crippen molar-refractivity contribution in [1.82, 2.24) is 10.3 Å². The van der Waals surface area contributed by atoms with Gasteiger partial charge in [-0.2, -0.15) is 0 Å². The van der Waals surface area contributed by atoms with E-state index in [1.165, 1.54) is 12.8 Å². The Morgan fingerprint density at radius 2 is 2.55 bits per heavy atom. The van der Waals surface area contributed by atoms with E-state index in [0.717, 1.165) is 24.9 Å². The lowest BCUT2D eigenvalue weighted by Crippen LogP contribution is -2.19. The van der Waals surface area contributed by atoms with Crippen molar-refractivity contribution in [1.29, 1.82) is 0 Å². The monoisotopic (exact) mass is 152 g/mol. The summed E-state index contributed by atoms with van der Waals surface area (Å²) in [5, 5.41) is 3.39. The van der Waals surface area contributed by atoms with Crippen LogP contribution in [0.2, 0.25) is 0 Å². The minimum atomic E-state index is 0.782. The third-order valence-electron chi connectivity index (χ3n) is 1.83. The molecule has 0 saturated heterocycles. The Hall–Kier alpha value is -0.830. The van der Waals surface area contributed by atoms with Gasteiger partial charge in [0.05, 0.1) is 6.20 Å². The Bertz CT molecular complexity index is 204.